The van der Waals surface area contributed by atoms with Gasteiger partial charge in [0.2, 0.25) is 0 Å². The van der Waals surface area contributed by atoms with Crippen LogP contribution in [0.3, 0.4) is 0 Å². The Kier molecular flexibility index (Phi) is 6.09. The van der Waals surface area contributed by atoms with E-state index in [0.717, 1.165) is 19.6 Å². The molecule has 1 rings (SSSR count). The zero-order chi connectivity index (χ0) is 13.8. The van der Waals surface area contributed by atoms with Gasteiger partial charge in [-0.2, -0.15) is 0 Å². The summed E-state index contributed by atoms with van der Waals surface area (Å²) in [5.74, 6) is 0. The zero-order valence-electron chi connectivity index (χ0n) is 13.1. The molecule has 0 bridgehead atoms. The van der Waals surface area contributed by atoms with Crippen molar-refractivity contribution in [2.75, 3.05) is 26.2 Å². The second-order valence-electron chi connectivity index (χ2n) is 6.78. The number of nitrogens with one attached hydrogen (secondary N) is 1. The van der Waals surface area contributed by atoms with Gasteiger partial charge in [0, 0.05) is 19.1 Å². The Morgan fingerprint density at radius 1 is 1.22 bits per heavy atom. The van der Waals surface area contributed by atoms with Crippen LogP contribution in [0.1, 0.15) is 48.0 Å². The Hall–Kier alpha value is -0.120. The molecule has 1 N–H and O–H groups in total. The van der Waals surface area contributed by atoms with E-state index < -0.39 is 0 Å². The van der Waals surface area contributed by atoms with Gasteiger partial charge in [-0.3, -0.25) is 4.90 Å². The fourth-order valence-corrected chi connectivity index (χ4v) is 2.87. The van der Waals surface area contributed by atoms with Crippen LogP contribution in [0, 0.1) is 5.41 Å². The van der Waals surface area contributed by atoms with Crippen molar-refractivity contribution in [2.45, 2.75) is 66.2 Å². The molecule has 18 heavy (non-hydrogen) atoms. The Morgan fingerprint density at radius 2 is 1.78 bits per heavy atom. The first kappa shape index (κ1) is 15.9. The summed E-state index contributed by atoms with van der Waals surface area (Å²) >= 11 is 0. The minimum atomic E-state index is 0.333. The fraction of sp³-hybridized carbons (Fsp3) is 1.00. The van der Waals surface area contributed by atoms with Gasteiger partial charge in [-0.05, 0) is 38.8 Å². The van der Waals surface area contributed by atoms with Crippen LogP contribution in [0.5, 0.6) is 0 Å². The summed E-state index contributed by atoms with van der Waals surface area (Å²) in [5, 5.41) is 3.63. The third-order valence-electron chi connectivity index (χ3n) is 3.73. The quantitative estimate of drug-likeness (QED) is 0.818. The molecule has 1 heterocycles. The van der Waals surface area contributed by atoms with Crippen LogP contribution >= 0.6 is 0 Å². The molecule has 1 aliphatic heterocycles. The Bertz CT molecular complexity index is 227. The van der Waals surface area contributed by atoms with Gasteiger partial charge in [0.25, 0.3) is 0 Å². The Balaban J connectivity index is 2.41. The molecule has 1 aliphatic rings. The second kappa shape index (κ2) is 6.88. The van der Waals surface area contributed by atoms with Crippen molar-refractivity contribution in [1.82, 2.24) is 10.2 Å². The van der Waals surface area contributed by atoms with Gasteiger partial charge in [-0.1, -0.05) is 27.7 Å². The first-order valence-corrected chi connectivity index (χ1v) is 7.44. The molecule has 3 nitrogen and oxygen atoms in total. The number of rotatable bonds is 5. The average molecular weight is 256 g/mol. The summed E-state index contributed by atoms with van der Waals surface area (Å²) in [6, 6.07) is 0.593. The van der Waals surface area contributed by atoms with Gasteiger partial charge in [0.15, 0.2) is 0 Å². The van der Waals surface area contributed by atoms with Crippen molar-refractivity contribution in [2.24, 2.45) is 5.41 Å². The molecule has 1 fully saturated rings. The molecular formula is C15H32N2O. The number of ether oxygens (including phenoxy) is 1. The lowest BCUT2D eigenvalue weighted by Crippen LogP contribution is -2.48. The smallest absolute Gasteiger partial charge is 0.0678 e. The summed E-state index contributed by atoms with van der Waals surface area (Å²) in [5.41, 5.74) is 0.333. The summed E-state index contributed by atoms with van der Waals surface area (Å²) < 4.78 is 5.78. The highest BCUT2D eigenvalue weighted by Gasteiger charge is 2.26. The van der Waals surface area contributed by atoms with Crippen LogP contribution in [-0.2, 0) is 4.74 Å². The van der Waals surface area contributed by atoms with E-state index in [-0.39, 0.29) is 0 Å². The number of hydrogen-bond acceptors (Lipinski definition) is 3. The van der Waals surface area contributed by atoms with E-state index in [4.69, 9.17) is 4.74 Å². The molecule has 0 aliphatic carbocycles. The van der Waals surface area contributed by atoms with Gasteiger partial charge in [0.05, 0.1) is 12.2 Å². The first-order chi connectivity index (χ1) is 8.32. The van der Waals surface area contributed by atoms with Crippen LogP contribution in [0.25, 0.3) is 0 Å². The molecule has 0 aromatic rings. The van der Waals surface area contributed by atoms with Gasteiger partial charge >= 0.3 is 0 Å². The predicted molar refractivity (Wildman–Crippen MR) is 78.0 cm³/mol. The molecule has 1 saturated heterocycles. The maximum Gasteiger partial charge on any atom is 0.0678 e. The second-order valence-corrected chi connectivity index (χ2v) is 6.78. The zero-order valence-corrected chi connectivity index (χ0v) is 13.1. The lowest BCUT2D eigenvalue weighted by Gasteiger charge is -2.38. The number of nitrogens with zero attached hydrogens (tertiary/aromatic N) is 1. The molecular weight excluding hydrogens is 224 g/mol. The fourth-order valence-electron chi connectivity index (χ4n) is 2.87. The molecule has 3 unspecified atom stereocenters. The standard InChI is InChI=1S/C15H32N2O/c1-7-16-14(15(4,5)6)8-9-17-10-12(2)18-13(3)11-17/h12-14,16H,7-11H2,1-6H3. The van der Waals surface area contributed by atoms with Crippen molar-refractivity contribution >= 4 is 0 Å². The van der Waals surface area contributed by atoms with E-state index in [1.54, 1.807) is 0 Å². The maximum absolute atomic E-state index is 5.78. The van der Waals surface area contributed by atoms with E-state index in [1.807, 2.05) is 0 Å². The van der Waals surface area contributed by atoms with Gasteiger partial charge in [0.1, 0.15) is 0 Å². The maximum atomic E-state index is 5.78. The third-order valence-corrected chi connectivity index (χ3v) is 3.73. The summed E-state index contributed by atoms with van der Waals surface area (Å²) in [6.45, 7) is 17.9. The van der Waals surface area contributed by atoms with E-state index in [2.05, 4.69) is 51.8 Å². The van der Waals surface area contributed by atoms with Gasteiger partial charge in [-0.25, -0.2) is 0 Å². The van der Waals surface area contributed by atoms with Crippen molar-refractivity contribution < 1.29 is 4.74 Å². The molecule has 0 aromatic heterocycles. The molecule has 0 spiro atoms. The van der Waals surface area contributed by atoms with Crippen LogP contribution in [0.4, 0.5) is 0 Å². The van der Waals surface area contributed by atoms with E-state index in [1.165, 1.54) is 13.0 Å². The van der Waals surface area contributed by atoms with E-state index in [0.29, 0.717) is 23.7 Å². The Labute approximate surface area is 113 Å². The molecule has 0 aromatic carbocycles. The van der Waals surface area contributed by atoms with Crippen LogP contribution < -0.4 is 5.32 Å². The molecule has 0 amide bonds. The minimum absolute atomic E-state index is 0.333. The lowest BCUT2D eigenvalue weighted by molar-refractivity contribution is -0.0691. The number of morpholine rings is 1. The largest absolute Gasteiger partial charge is 0.373 e. The first-order valence-electron chi connectivity index (χ1n) is 7.44. The van der Waals surface area contributed by atoms with Crippen molar-refractivity contribution in [3.05, 3.63) is 0 Å². The minimum Gasteiger partial charge on any atom is -0.373 e. The summed E-state index contributed by atoms with van der Waals surface area (Å²) in [4.78, 5) is 2.55. The highest BCUT2D eigenvalue weighted by molar-refractivity contribution is 4.82. The molecule has 0 radical (unpaired) electrons. The topological polar surface area (TPSA) is 24.5 Å². The van der Waals surface area contributed by atoms with Gasteiger partial charge in [-0.15, -0.1) is 0 Å². The van der Waals surface area contributed by atoms with Crippen molar-refractivity contribution in [3.63, 3.8) is 0 Å². The molecule has 3 atom stereocenters. The van der Waals surface area contributed by atoms with Crippen LogP contribution in [0.15, 0.2) is 0 Å². The van der Waals surface area contributed by atoms with Crippen molar-refractivity contribution in [1.29, 1.82) is 0 Å². The van der Waals surface area contributed by atoms with Crippen LogP contribution in [-0.4, -0.2) is 49.3 Å². The highest BCUT2D eigenvalue weighted by atomic mass is 16.5. The predicted octanol–water partition coefficient (Wildman–Crippen LogP) is 2.51. The third kappa shape index (κ3) is 5.25. The van der Waals surface area contributed by atoms with Gasteiger partial charge < -0.3 is 10.1 Å². The normalized spacial score (nSPS) is 28.3. The monoisotopic (exact) mass is 256 g/mol. The summed E-state index contributed by atoms with van der Waals surface area (Å²) in [6.07, 6.45) is 1.97. The molecule has 108 valence electrons. The SMILES string of the molecule is CCNC(CCN1CC(C)OC(C)C1)C(C)(C)C. The summed E-state index contributed by atoms with van der Waals surface area (Å²) in [7, 11) is 0. The molecule has 0 saturated carbocycles. The van der Waals surface area contributed by atoms with Crippen molar-refractivity contribution in [3.8, 4) is 0 Å². The Morgan fingerprint density at radius 3 is 2.22 bits per heavy atom. The van der Waals surface area contributed by atoms with Crippen LogP contribution in [0.2, 0.25) is 0 Å². The van der Waals surface area contributed by atoms with E-state index in [9.17, 15) is 0 Å². The highest BCUT2D eigenvalue weighted by Crippen LogP contribution is 2.22. The number of hydrogen-bond donors (Lipinski definition) is 1. The average Bonchev–Trinajstić information content (AvgIpc) is 2.21. The lowest BCUT2D eigenvalue weighted by atomic mass is 9.84. The van der Waals surface area contributed by atoms with E-state index >= 15 is 0 Å². The molecule has 3 heteroatoms.